The van der Waals surface area contributed by atoms with E-state index in [4.69, 9.17) is 19.4 Å². The largest absolute Gasteiger partial charge is 0.453 e. The lowest BCUT2D eigenvalue weighted by molar-refractivity contribution is -0.135. The molecular formula is C48H50N8O6S. The summed E-state index contributed by atoms with van der Waals surface area (Å²) in [5, 5.41) is 9.77. The van der Waals surface area contributed by atoms with Crippen molar-refractivity contribution in [2.45, 2.75) is 62.5 Å². The Bertz CT molecular complexity index is 2880. The molecule has 0 radical (unpaired) electrons. The number of carbonyl (C=O) groups excluding carboxylic acids is 4. The Hall–Kier alpha value is -6.61. The maximum absolute atomic E-state index is 14.3. The van der Waals surface area contributed by atoms with Gasteiger partial charge in [0.2, 0.25) is 5.91 Å². The number of hydrogen-bond acceptors (Lipinski definition) is 9. The van der Waals surface area contributed by atoms with Crippen LogP contribution >= 0.6 is 11.8 Å². The first-order valence-corrected chi connectivity index (χ1v) is 22.6. The molecule has 9 rings (SSSR count). The average molecular weight is 867 g/mol. The van der Waals surface area contributed by atoms with E-state index < -0.39 is 24.3 Å². The lowest BCUT2D eigenvalue weighted by atomic mass is 9.98. The summed E-state index contributed by atoms with van der Waals surface area (Å²) in [5.74, 6) is 0.967. The summed E-state index contributed by atoms with van der Waals surface area (Å²) < 4.78 is 9.70. The Morgan fingerprint density at radius 1 is 0.730 bits per heavy atom. The number of ether oxygens (including phenoxy) is 2. The molecule has 14 nitrogen and oxygen atoms in total. The van der Waals surface area contributed by atoms with Gasteiger partial charge in [0.1, 0.15) is 23.7 Å². The third kappa shape index (κ3) is 7.90. The van der Waals surface area contributed by atoms with Crippen molar-refractivity contribution in [3.63, 3.8) is 0 Å². The van der Waals surface area contributed by atoms with Crippen molar-refractivity contribution < 1.29 is 28.7 Å². The molecule has 2 aliphatic rings. The number of aromatic nitrogens is 4. The summed E-state index contributed by atoms with van der Waals surface area (Å²) in [5.41, 5.74) is 6.25. The minimum Gasteiger partial charge on any atom is -0.453 e. The maximum Gasteiger partial charge on any atom is 0.407 e. The summed E-state index contributed by atoms with van der Waals surface area (Å²) in [6.45, 7) is 4.92. The van der Waals surface area contributed by atoms with Crippen LogP contribution in [0.15, 0.2) is 91.0 Å². The molecule has 2 aromatic heterocycles. The Balaban J connectivity index is 0.985. The second-order valence-corrected chi connectivity index (χ2v) is 17.8. The monoisotopic (exact) mass is 866 g/mol. The number of methoxy groups -OCH3 is 2. The first-order valence-electron chi connectivity index (χ1n) is 21.3. The quantitative estimate of drug-likeness (QED) is 0.105. The van der Waals surface area contributed by atoms with E-state index in [9.17, 15) is 19.2 Å². The van der Waals surface area contributed by atoms with Crippen LogP contribution in [0, 0.1) is 5.92 Å². The van der Waals surface area contributed by atoms with Crippen molar-refractivity contribution >= 4 is 79.4 Å². The number of hydrogen-bond donors (Lipinski definition) is 4. The summed E-state index contributed by atoms with van der Waals surface area (Å²) >= 11 is 1.72. The normalized spacial score (nSPS) is 18.7. The van der Waals surface area contributed by atoms with Gasteiger partial charge in [-0.05, 0) is 83.2 Å². The predicted octanol–water partition coefficient (Wildman–Crippen LogP) is 8.56. The van der Waals surface area contributed by atoms with Gasteiger partial charge >= 0.3 is 12.2 Å². The fourth-order valence-electron chi connectivity index (χ4n) is 9.26. The highest BCUT2D eigenvalue weighted by atomic mass is 32.2. The minimum absolute atomic E-state index is 0.118. The second kappa shape index (κ2) is 17.3. The van der Waals surface area contributed by atoms with Gasteiger partial charge < -0.3 is 39.9 Å². The molecule has 4 heterocycles. The van der Waals surface area contributed by atoms with Crippen LogP contribution in [0.5, 0.6) is 0 Å². The lowest BCUT2D eigenvalue weighted by Gasteiger charge is -2.29. The van der Waals surface area contributed by atoms with Crippen LogP contribution in [0.25, 0.3) is 54.7 Å². The fraction of sp³-hybridized carbons (Fsp3) is 0.333. The second-order valence-electron chi connectivity index (χ2n) is 16.7. The van der Waals surface area contributed by atoms with Gasteiger partial charge in [-0.2, -0.15) is 11.8 Å². The van der Waals surface area contributed by atoms with Crippen molar-refractivity contribution in [2.75, 3.05) is 33.6 Å². The van der Waals surface area contributed by atoms with Crippen LogP contribution in [0.4, 0.5) is 9.59 Å². The zero-order valence-electron chi connectivity index (χ0n) is 35.8. The van der Waals surface area contributed by atoms with E-state index in [0.717, 1.165) is 79.8 Å². The van der Waals surface area contributed by atoms with Gasteiger partial charge in [0.15, 0.2) is 0 Å². The van der Waals surface area contributed by atoms with E-state index >= 15 is 0 Å². The number of carbonyl (C=O) groups is 4. The predicted molar refractivity (Wildman–Crippen MR) is 245 cm³/mol. The van der Waals surface area contributed by atoms with Gasteiger partial charge in [0.25, 0.3) is 5.91 Å². The van der Waals surface area contributed by atoms with Crippen molar-refractivity contribution in [2.24, 2.45) is 5.92 Å². The standard InChI is InChI=1S/C48H50N8O6S/c1-26(2)39(53-47(59)61-3)45(57)55-21-9-12-37(55)43-49-35-19-15-30-22-28(13-17-33(30)41(35)51-43)29-14-18-34-31(23-29)16-20-36-42(34)52-44(50-36)38-24-32(63-5)25-56(38)46(58)40(54-48(60)62-4)27-10-7-6-8-11-27/h6-8,10-11,13-20,22-23,26,32,37-40H,9,12,21,24-25H2,1-5H3,(H,49,51)(H,50,52)(H,53,59)(H,54,60)/t32-,37-,38-,39?,40+/m0/s1. The molecule has 4 amide bonds. The van der Waals surface area contributed by atoms with Gasteiger partial charge in [-0.25, -0.2) is 19.6 Å². The Labute approximate surface area is 368 Å². The number of likely N-dealkylation sites (tertiary alicyclic amines) is 2. The van der Waals surface area contributed by atoms with Crippen LogP contribution in [0.1, 0.15) is 68.4 Å². The molecule has 2 saturated heterocycles. The molecule has 5 atom stereocenters. The third-order valence-corrected chi connectivity index (χ3v) is 13.6. The molecular weight excluding hydrogens is 817 g/mol. The van der Waals surface area contributed by atoms with Gasteiger partial charge in [0, 0.05) is 29.1 Å². The third-order valence-electron chi connectivity index (χ3n) is 12.6. The molecule has 15 heteroatoms. The number of fused-ring (bicyclic) bond motifs is 6. The molecule has 2 fully saturated rings. The molecule has 63 heavy (non-hydrogen) atoms. The Morgan fingerprint density at radius 2 is 1.32 bits per heavy atom. The molecule has 0 spiro atoms. The van der Waals surface area contributed by atoms with Crippen LogP contribution in [-0.2, 0) is 19.1 Å². The zero-order chi connectivity index (χ0) is 43.9. The van der Waals surface area contributed by atoms with Crippen LogP contribution in [0.2, 0.25) is 0 Å². The summed E-state index contributed by atoms with van der Waals surface area (Å²) in [6, 6.07) is 28.1. The molecule has 4 N–H and O–H groups in total. The van der Waals surface area contributed by atoms with Gasteiger partial charge in [-0.1, -0.05) is 80.6 Å². The van der Waals surface area contributed by atoms with E-state index in [2.05, 4.69) is 75.4 Å². The molecule has 0 saturated carbocycles. The van der Waals surface area contributed by atoms with Crippen molar-refractivity contribution in [3.05, 3.63) is 108 Å². The number of aromatic amines is 2. The number of H-pyrrole nitrogens is 2. The average Bonchev–Trinajstić information content (AvgIpc) is 4.14. The van der Waals surface area contributed by atoms with Crippen molar-refractivity contribution in [3.8, 4) is 11.1 Å². The lowest BCUT2D eigenvalue weighted by Crippen LogP contribution is -2.51. The minimum atomic E-state index is -0.912. The highest BCUT2D eigenvalue weighted by molar-refractivity contribution is 7.99. The molecule has 324 valence electrons. The molecule has 0 aliphatic carbocycles. The smallest absolute Gasteiger partial charge is 0.407 e. The SMILES string of the molecule is COC(=O)NC(C(=O)N1CCC[C@H]1c1nc2c(ccc3cc(-c4ccc5c(ccc6[nH]c([C@@H]7C[C@H](SC)CN7C(=O)[C@H](NC(=O)OC)c7ccccc7)nc65)c4)ccc32)[nH]1)C(C)C. The van der Waals surface area contributed by atoms with E-state index in [1.807, 2.05) is 66.1 Å². The first-order chi connectivity index (χ1) is 30.5. The van der Waals surface area contributed by atoms with E-state index in [1.54, 1.807) is 11.8 Å². The van der Waals surface area contributed by atoms with E-state index in [0.29, 0.717) is 24.5 Å². The number of amides is 4. The molecule has 1 unspecified atom stereocenters. The topological polar surface area (TPSA) is 175 Å². The molecule has 2 aliphatic heterocycles. The van der Waals surface area contributed by atoms with Gasteiger partial charge in [-0.3, -0.25) is 9.59 Å². The summed E-state index contributed by atoms with van der Waals surface area (Å²) in [6.07, 6.45) is 3.08. The maximum atomic E-state index is 14.3. The van der Waals surface area contributed by atoms with Crippen molar-refractivity contribution in [1.29, 1.82) is 0 Å². The number of nitrogens with one attached hydrogen (secondary N) is 4. The number of nitrogens with zero attached hydrogens (tertiary/aromatic N) is 4. The molecule has 7 aromatic rings. The molecule has 0 bridgehead atoms. The van der Waals surface area contributed by atoms with E-state index in [1.165, 1.54) is 14.2 Å². The van der Waals surface area contributed by atoms with Crippen molar-refractivity contribution in [1.82, 2.24) is 40.4 Å². The Morgan fingerprint density at radius 3 is 1.89 bits per heavy atom. The number of rotatable bonds is 10. The molecule has 5 aromatic carbocycles. The number of benzene rings is 5. The van der Waals surface area contributed by atoms with Crippen LogP contribution in [0.3, 0.4) is 0 Å². The first kappa shape index (κ1) is 41.7. The summed E-state index contributed by atoms with van der Waals surface area (Å²) in [4.78, 5) is 73.5. The summed E-state index contributed by atoms with van der Waals surface area (Å²) in [7, 11) is 2.58. The van der Waals surface area contributed by atoms with Gasteiger partial charge in [-0.15, -0.1) is 0 Å². The number of alkyl carbamates (subject to hydrolysis) is 2. The zero-order valence-corrected chi connectivity index (χ0v) is 36.6. The fourth-order valence-corrected chi connectivity index (χ4v) is 9.94. The highest BCUT2D eigenvalue weighted by Gasteiger charge is 2.41. The van der Waals surface area contributed by atoms with Crippen LogP contribution in [-0.4, -0.2) is 98.6 Å². The van der Waals surface area contributed by atoms with Crippen LogP contribution < -0.4 is 10.6 Å². The van der Waals surface area contributed by atoms with Gasteiger partial charge in [0.05, 0.1) is 48.4 Å². The Kier molecular flexibility index (Phi) is 11.4. The number of imidazole rings is 2. The van der Waals surface area contributed by atoms with E-state index in [-0.39, 0.29) is 35.1 Å². The highest BCUT2D eigenvalue weighted by Crippen LogP contribution is 2.40. The number of thioether (sulfide) groups is 1.